The van der Waals surface area contributed by atoms with E-state index < -0.39 is 0 Å². The molecule has 3 atom stereocenters. The van der Waals surface area contributed by atoms with E-state index in [1.807, 2.05) is 13.0 Å². The molecule has 112 valence electrons. The highest BCUT2D eigenvalue weighted by Crippen LogP contribution is 2.31. The smallest absolute Gasteiger partial charge is 0.153 e. The minimum Gasteiger partial charge on any atom is -0.382 e. The zero-order valence-corrected chi connectivity index (χ0v) is 13.0. The maximum Gasteiger partial charge on any atom is 0.153 e. The Hall–Kier alpha value is -1.91. The molecule has 0 spiro atoms. The number of tetrazole rings is 1. The fraction of sp³-hybridized carbons (Fsp3) is 0.562. The monoisotopic (exact) mass is 285 g/mol. The Balaban J connectivity index is 1.79. The molecule has 1 fully saturated rings. The summed E-state index contributed by atoms with van der Waals surface area (Å²) in [4.78, 5) is 0. The lowest BCUT2D eigenvalue weighted by Crippen LogP contribution is -2.33. The summed E-state index contributed by atoms with van der Waals surface area (Å²) in [6, 6.07) is 8.88. The van der Waals surface area contributed by atoms with Gasteiger partial charge in [-0.15, -0.1) is 5.10 Å². The molecule has 2 aromatic rings. The molecule has 0 amide bonds. The summed E-state index contributed by atoms with van der Waals surface area (Å²) in [6.45, 7) is 6.60. The van der Waals surface area contributed by atoms with Crippen LogP contribution in [-0.2, 0) is 0 Å². The van der Waals surface area contributed by atoms with Gasteiger partial charge in [0.05, 0.1) is 5.69 Å². The van der Waals surface area contributed by atoms with E-state index in [0.29, 0.717) is 6.04 Å². The summed E-state index contributed by atoms with van der Waals surface area (Å²) >= 11 is 0. The normalized spacial score (nSPS) is 25.8. The Labute approximate surface area is 125 Å². The molecule has 0 radical (unpaired) electrons. The number of anilines is 1. The summed E-state index contributed by atoms with van der Waals surface area (Å²) in [5.74, 6) is 2.33. The van der Waals surface area contributed by atoms with Crippen molar-refractivity contribution in [1.82, 2.24) is 20.2 Å². The van der Waals surface area contributed by atoms with Crippen molar-refractivity contribution in [3.63, 3.8) is 0 Å². The van der Waals surface area contributed by atoms with Gasteiger partial charge in [0.2, 0.25) is 0 Å². The third-order valence-corrected chi connectivity index (χ3v) is 4.53. The van der Waals surface area contributed by atoms with E-state index in [-0.39, 0.29) is 0 Å². The SMILES string of the molecule is Cc1nnnn1-c1cccc(NC2CC(C)CCC2C)c1. The van der Waals surface area contributed by atoms with Crippen LogP contribution < -0.4 is 5.32 Å². The molecule has 1 aliphatic carbocycles. The van der Waals surface area contributed by atoms with E-state index in [9.17, 15) is 0 Å². The highest BCUT2D eigenvalue weighted by atomic mass is 15.5. The first kappa shape index (κ1) is 14.0. The minimum atomic E-state index is 0.555. The van der Waals surface area contributed by atoms with E-state index in [1.165, 1.54) is 19.3 Å². The molecule has 1 aromatic carbocycles. The minimum absolute atomic E-state index is 0.555. The maximum absolute atomic E-state index is 4.03. The molecular formula is C16H23N5. The fourth-order valence-electron chi connectivity index (χ4n) is 3.15. The molecule has 0 bridgehead atoms. The van der Waals surface area contributed by atoms with Gasteiger partial charge in [0, 0.05) is 11.7 Å². The highest BCUT2D eigenvalue weighted by molar-refractivity contribution is 5.51. The zero-order valence-electron chi connectivity index (χ0n) is 13.0. The number of rotatable bonds is 3. The van der Waals surface area contributed by atoms with E-state index >= 15 is 0 Å². The molecule has 0 aliphatic heterocycles. The maximum atomic E-state index is 4.03. The topological polar surface area (TPSA) is 55.6 Å². The molecule has 5 nitrogen and oxygen atoms in total. The average molecular weight is 285 g/mol. The van der Waals surface area contributed by atoms with Crippen molar-refractivity contribution in [3.8, 4) is 5.69 Å². The van der Waals surface area contributed by atoms with E-state index in [0.717, 1.165) is 29.0 Å². The number of hydrogen-bond acceptors (Lipinski definition) is 4. The van der Waals surface area contributed by atoms with E-state index in [4.69, 9.17) is 0 Å². The van der Waals surface area contributed by atoms with Gasteiger partial charge in [0.1, 0.15) is 0 Å². The van der Waals surface area contributed by atoms with Gasteiger partial charge in [-0.05, 0) is 60.2 Å². The molecule has 1 saturated carbocycles. The molecular weight excluding hydrogens is 262 g/mol. The lowest BCUT2D eigenvalue weighted by atomic mass is 9.80. The van der Waals surface area contributed by atoms with Crippen LogP contribution in [0.4, 0.5) is 5.69 Å². The molecule has 3 unspecified atom stereocenters. The number of aryl methyl sites for hydroxylation is 1. The third kappa shape index (κ3) is 3.06. The van der Waals surface area contributed by atoms with Crippen molar-refractivity contribution < 1.29 is 0 Å². The van der Waals surface area contributed by atoms with Gasteiger partial charge in [-0.1, -0.05) is 26.3 Å². The third-order valence-electron chi connectivity index (χ3n) is 4.53. The summed E-state index contributed by atoms with van der Waals surface area (Å²) in [5.41, 5.74) is 2.15. The number of hydrogen-bond donors (Lipinski definition) is 1. The second kappa shape index (κ2) is 5.84. The molecule has 1 N–H and O–H groups in total. The van der Waals surface area contributed by atoms with Gasteiger partial charge in [-0.25, -0.2) is 0 Å². The first-order chi connectivity index (χ1) is 10.1. The number of nitrogens with zero attached hydrogens (tertiary/aromatic N) is 4. The van der Waals surface area contributed by atoms with Gasteiger partial charge in [-0.3, -0.25) is 0 Å². The van der Waals surface area contributed by atoms with Crippen molar-refractivity contribution in [3.05, 3.63) is 30.1 Å². The van der Waals surface area contributed by atoms with Crippen LogP contribution in [-0.4, -0.2) is 26.2 Å². The number of benzene rings is 1. The second-order valence-corrected chi connectivity index (χ2v) is 6.33. The number of nitrogens with one attached hydrogen (secondary N) is 1. The highest BCUT2D eigenvalue weighted by Gasteiger charge is 2.25. The summed E-state index contributed by atoms with van der Waals surface area (Å²) in [7, 11) is 0. The van der Waals surface area contributed by atoms with Crippen molar-refractivity contribution >= 4 is 5.69 Å². The summed E-state index contributed by atoms with van der Waals surface area (Å²) in [5, 5.41) is 15.4. The van der Waals surface area contributed by atoms with Crippen LogP contribution in [0.15, 0.2) is 24.3 Å². The average Bonchev–Trinajstić information content (AvgIpc) is 2.89. The van der Waals surface area contributed by atoms with Crippen molar-refractivity contribution in [2.75, 3.05) is 5.32 Å². The first-order valence-electron chi connectivity index (χ1n) is 7.75. The Morgan fingerprint density at radius 1 is 1.24 bits per heavy atom. The zero-order chi connectivity index (χ0) is 14.8. The Kier molecular flexibility index (Phi) is 3.90. The standard InChI is InChI=1S/C16H23N5/c1-11-7-8-12(2)16(9-11)17-14-5-4-6-15(10-14)21-13(3)18-19-20-21/h4-6,10-12,16-17H,7-9H2,1-3H3. The van der Waals surface area contributed by atoms with Gasteiger partial charge < -0.3 is 5.32 Å². The van der Waals surface area contributed by atoms with E-state index in [2.05, 4.69) is 52.9 Å². The van der Waals surface area contributed by atoms with Gasteiger partial charge in [-0.2, -0.15) is 4.68 Å². The van der Waals surface area contributed by atoms with Crippen LogP contribution in [0.2, 0.25) is 0 Å². The van der Waals surface area contributed by atoms with Crippen molar-refractivity contribution in [1.29, 1.82) is 0 Å². The van der Waals surface area contributed by atoms with Crippen LogP contribution in [0.25, 0.3) is 5.69 Å². The first-order valence-corrected chi connectivity index (χ1v) is 7.75. The quantitative estimate of drug-likeness (QED) is 0.941. The summed E-state index contributed by atoms with van der Waals surface area (Å²) in [6.07, 6.45) is 3.91. The molecule has 1 heterocycles. The lowest BCUT2D eigenvalue weighted by Gasteiger charge is -2.34. The fourth-order valence-corrected chi connectivity index (χ4v) is 3.15. The number of aromatic nitrogens is 4. The largest absolute Gasteiger partial charge is 0.382 e. The van der Waals surface area contributed by atoms with Crippen LogP contribution in [0.1, 0.15) is 38.9 Å². The Morgan fingerprint density at radius 3 is 2.86 bits per heavy atom. The predicted octanol–water partition coefficient (Wildman–Crippen LogP) is 3.21. The van der Waals surface area contributed by atoms with Crippen molar-refractivity contribution in [2.45, 2.75) is 46.1 Å². The second-order valence-electron chi connectivity index (χ2n) is 6.33. The molecule has 5 heteroatoms. The Bertz CT molecular complexity index is 606. The predicted molar refractivity (Wildman–Crippen MR) is 83.5 cm³/mol. The molecule has 1 aromatic heterocycles. The van der Waals surface area contributed by atoms with Crippen LogP contribution in [0.5, 0.6) is 0 Å². The van der Waals surface area contributed by atoms with Gasteiger partial charge >= 0.3 is 0 Å². The van der Waals surface area contributed by atoms with Gasteiger partial charge in [0.25, 0.3) is 0 Å². The molecule has 0 saturated heterocycles. The van der Waals surface area contributed by atoms with Crippen LogP contribution >= 0.6 is 0 Å². The molecule has 21 heavy (non-hydrogen) atoms. The van der Waals surface area contributed by atoms with Crippen molar-refractivity contribution in [2.24, 2.45) is 11.8 Å². The van der Waals surface area contributed by atoms with Crippen LogP contribution in [0.3, 0.4) is 0 Å². The lowest BCUT2D eigenvalue weighted by molar-refractivity contribution is 0.281. The molecule has 3 rings (SSSR count). The molecule has 1 aliphatic rings. The Morgan fingerprint density at radius 2 is 2.10 bits per heavy atom. The van der Waals surface area contributed by atoms with Crippen LogP contribution in [0, 0.1) is 18.8 Å². The van der Waals surface area contributed by atoms with Gasteiger partial charge in [0.15, 0.2) is 5.82 Å². The summed E-state index contributed by atoms with van der Waals surface area (Å²) < 4.78 is 1.76. The van der Waals surface area contributed by atoms with E-state index in [1.54, 1.807) is 4.68 Å².